The van der Waals surface area contributed by atoms with Gasteiger partial charge in [0, 0.05) is 5.56 Å². The molecule has 0 bridgehead atoms. The second kappa shape index (κ2) is 7.29. The van der Waals surface area contributed by atoms with Gasteiger partial charge in [0.15, 0.2) is 11.6 Å². The maximum atomic E-state index is 14.1. The topological polar surface area (TPSA) is 0 Å². The van der Waals surface area contributed by atoms with Gasteiger partial charge in [-0.05, 0) is 68.1 Å². The van der Waals surface area contributed by atoms with Gasteiger partial charge in [0.05, 0.1) is 0 Å². The first-order chi connectivity index (χ1) is 11.6. The van der Waals surface area contributed by atoms with Crippen LogP contribution in [-0.2, 0) is 0 Å². The number of hydrogen-bond acceptors (Lipinski definition) is 0. The molecule has 1 aliphatic carbocycles. The number of allylic oxidation sites excluding steroid dienone is 2. The van der Waals surface area contributed by atoms with E-state index >= 15 is 0 Å². The van der Waals surface area contributed by atoms with Crippen LogP contribution in [0.15, 0.2) is 48.6 Å². The maximum absolute atomic E-state index is 14.1. The fourth-order valence-electron chi connectivity index (χ4n) is 3.72. The van der Waals surface area contributed by atoms with Crippen LogP contribution in [0.1, 0.15) is 49.7 Å². The van der Waals surface area contributed by atoms with E-state index in [1.165, 1.54) is 31.2 Å². The highest BCUT2D eigenvalue weighted by Gasteiger charge is 2.21. The molecule has 0 aliphatic heterocycles. The molecule has 2 heteroatoms. The van der Waals surface area contributed by atoms with Crippen molar-refractivity contribution in [2.45, 2.75) is 45.4 Å². The minimum atomic E-state index is -0.755. The predicted octanol–water partition coefficient (Wildman–Crippen LogP) is 6.79. The smallest absolute Gasteiger partial charge is 0.166 e. The lowest BCUT2D eigenvalue weighted by molar-refractivity contribution is 0.376. The molecule has 1 aliphatic rings. The first-order valence-electron chi connectivity index (χ1n) is 8.78. The Morgan fingerprint density at radius 1 is 0.875 bits per heavy atom. The Bertz CT molecular complexity index is 720. The molecular weight excluding hydrogens is 302 g/mol. The molecule has 3 rings (SSSR count). The zero-order valence-corrected chi connectivity index (χ0v) is 14.4. The average Bonchev–Trinajstić information content (AvgIpc) is 2.61. The van der Waals surface area contributed by atoms with Crippen molar-refractivity contribution < 1.29 is 8.78 Å². The molecule has 0 nitrogen and oxygen atoms in total. The lowest BCUT2D eigenvalue weighted by atomic mass is 9.78. The summed E-state index contributed by atoms with van der Waals surface area (Å²) in [7, 11) is 0. The molecule has 0 heterocycles. The highest BCUT2D eigenvalue weighted by molar-refractivity contribution is 5.65. The van der Waals surface area contributed by atoms with E-state index in [4.69, 9.17) is 0 Å². The third kappa shape index (κ3) is 3.43. The number of rotatable bonds is 3. The van der Waals surface area contributed by atoms with Crippen molar-refractivity contribution in [2.75, 3.05) is 0 Å². The summed E-state index contributed by atoms with van der Waals surface area (Å²) in [6.07, 6.45) is 9.32. The van der Waals surface area contributed by atoms with Crippen molar-refractivity contribution in [3.8, 4) is 11.1 Å². The number of aryl methyl sites for hydroxylation is 1. The van der Waals surface area contributed by atoms with Crippen LogP contribution in [0.5, 0.6) is 0 Å². The maximum Gasteiger partial charge on any atom is 0.166 e. The van der Waals surface area contributed by atoms with Crippen molar-refractivity contribution in [3.63, 3.8) is 0 Å². The van der Waals surface area contributed by atoms with Gasteiger partial charge in [-0.2, -0.15) is 0 Å². The Balaban J connectivity index is 1.76. The van der Waals surface area contributed by atoms with Gasteiger partial charge in [0.25, 0.3) is 0 Å². The summed E-state index contributed by atoms with van der Waals surface area (Å²) in [4.78, 5) is 0. The summed E-state index contributed by atoms with van der Waals surface area (Å²) in [5.74, 6) is -0.205. The summed E-state index contributed by atoms with van der Waals surface area (Å²) in [6, 6.07) is 11.3. The Morgan fingerprint density at radius 3 is 2.17 bits per heavy atom. The zero-order chi connectivity index (χ0) is 17.1. The molecule has 0 amide bonds. The van der Waals surface area contributed by atoms with Crippen molar-refractivity contribution in [2.24, 2.45) is 5.92 Å². The monoisotopic (exact) mass is 326 g/mol. The minimum Gasteiger partial charge on any atom is -0.203 e. The molecule has 0 unspecified atom stereocenters. The normalized spacial score (nSPS) is 21.3. The molecule has 0 atom stereocenters. The fraction of sp³-hybridized carbons (Fsp3) is 0.364. The van der Waals surface area contributed by atoms with Crippen LogP contribution >= 0.6 is 0 Å². The highest BCUT2D eigenvalue weighted by Crippen LogP contribution is 2.37. The second-order valence-electron chi connectivity index (χ2n) is 6.82. The highest BCUT2D eigenvalue weighted by atomic mass is 19.2. The van der Waals surface area contributed by atoms with Gasteiger partial charge < -0.3 is 0 Å². The molecule has 0 radical (unpaired) electrons. The van der Waals surface area contributed by atoms with Crippen molar-refractivity contribution in [3.05, 3.63) is 71.3 Å². The van der Waals surface area contributed by atoms with Crippen LogP contribution in [0.3, 0.4) is 0 Å². The van der Waals surface area contributed by atoms with E-state index in [1.54, 1.807) is 19.1 Å². The summed E-state index contributed by atoms with van der Waals surface area (Å²) < 4.78 is 27.9. The lowest BCUT2D eigenvalue weighted by Gasteiger charge is -2.27. The van der Waals surface area contributed by atoms with E-state index in [0.717, 1.165) is 11.5 Å². The largest absolute Gasteiger partial charge is 0.203 e. The summed E-state index contributed by atoms with van der Waals surface area (Å²) >= 11 is 0. The van der Waals surface area contributed by atoms with Gasteiger partial charge in [-0.3, -0.25) is 0 Å². The Morgan fingerprint density at radius 2 is 1.54 bits per heavy atom. The van der Waals surface area contributed by atoms with Crippen LogP contribution in [-0.4, -0.2) is 0 Å². The molecule has 24 heavy (non-hydrogen) atoms. The van der Waals surface area contributed by atoms with Crippen LogP contribution in [0.25, 0.3) is 11.1 Å². The summed E-state index contributed by atoms with van der Waals surface area (Å²) in [5, 5.41) is 0. The van der Waals surface area contributed by atoms with Gasteiger partial charge in [-0.15, -0.1) is 0 Å². The molecule has 1 fully saturated rings. The average molecular weight is 326 g/mol. The quantitative estimate of drug-likeness (QED) is 0.545. The molecule has 2 aromatic rings. The molecular formula is C22H24F2. The first kappa shape index (κ1) is 16.9. The standard InChI is InChI=1S/C22H24F2/c1-3-4-16-6-8-17(9-7-16)18-10-12-19(13-11-18)20-14-5-15(2)21(23)22(20)24/h3-5,10-14,16-17H,6-9H2,1-2H3/b4-3+. The van der Waals surface area contributed by atoms with E-state index in [1.807, 2.05) is 12.1 Å². The molecule has 0 N–H and O–H groups in total. The van der Waals surface area contributed by atoms with E-state index in [2.05, 4.69) is 31.2 Å². The predicted molar refractivity (Wildman–Crippen MR) is 96.0 cm³/mol. The molecule has 1 saturated carbocycles. The van der Waals surface area contributed by atoms with Crippen LogP contribution in [0.2, 0.25) is 0 Å². The van der Waals surface area contributed by atoms with Gasteiger partial charge in [-0.25, -0.2) is 8.78 Å². The lowest BCUT2D eigenvalue weighted by Crippen LogP contribution is -2.11. The van der Waals surface area contributed by atoms with Crippen LogP contribution < -0.4 is 0 Å². The summed E-state index contributed by atoms with van der Waals surface area (Å²) in [6.45, 7) is 3.66. The third-order valence-electron chi connectivity index (χ3n) is 5.20. The Hall–Kier alpha value is -1.96. The van der Waals surface area contributed by atoms with Gasteiger partial charge >= 0.3 is 0 Å². The van der Waals surface area contributed by atoms with E-state index < -0.39 is 11.6 Å². The fourth-order valence-corrected chi connectivity index (χ4v) is 3.72. The Kier molecular flexibility index (Phi) is 5.13. The number of halogens is 2. The zero-order valence-electron chi connectivity index (χ0n) is 14.4. The van der Waals surface area contributed by atoms with Crippen LogP contribution in [0, 0.1) is 24.5 Å². The summed E-state index contributed by atoms with van der Waals surface area (Å²) in [5.41, 5.74) is 2.72. The van der Waals surface area contributed by atoms with E-state index in [-0.39, 0.29) is 0 Å². The van der Waals surface area contributed by atoms with Gasteiger partial charge in [0.2, 0.25) is 0 Å². The Labute approximate surface area is 143 Å². The molecule has 2 aromatic carbocycles. The molecule has 0 saturated heterocycles. The second-order valence-corrected chi connectivity index (χ2v) is 6.82. The molecule has 0 aromatic heterocycles. The van der Waals surface area contributed by atoms with E-state index in [0.29, 0.717) is 17.0 Å². The van der Waals surface area contributed by atoms with E-state index in [9.17, 15) is 8.78 Å². The minimum absolute atomic E-state index is 0.335. The van der Waals surface area contributed by atoms with Crippen molar-refractivity contribution in [1.29, 1.82) is 0 Å². The first-order valence-corrected chi connectivity index (χ1v) is 8.78. The van der Waals surface area contributed by atoms with Crippen LogP contribution in [0.4, 0.5) is 8.78 Å². The SMILES string of the molecule is C/C=C/C1CCC(c2ccc(-c3ccc(C)c(F)c3F)cc2)CC1. The molecule has 126 valence electrons. The third-order valence-corrected chi connectivity index (χ3v) is 5.20. The number of hydrogen-bond donors (Lipinski definition) is 0. The van der Waals surface area contributed by atoms with Crippen molar-refractivity contribution >= 4 is 0 Å². The van der Waals surface area contributed by atoms with Gasteiger partial charge in [-0.1, -0.05) is 48.6 Å². The number of benzene rings is 2. The van der Waals surface area contributed by atoms with Crippen molar-refractivity contribution in [1.82, 2.24) is 0 Å². The van der Waals surface area contributed by atoms with Gasteiger partial charge in [0.1, 0.15) is 0 Å². The molecule has 0 spiro atoms.